The van der Waals surface area contributed by atoms with Crippen LogP contribution in [0.4, 0.5) is 10.5 Å². The average molecular weight is 217 g/mol. The Kier molecular flexibility index (Phi) is 3.45. The zero-order chi connectivity index (χ0) is 9.84. The van der Waals surface area contributed by atoms with Crippen molar-refractivity contribution in [2.75, 3.05) is 5.32 Å². The molecular formula is C8H9ClN2OS. The lowest BCUT2D eigenvalue weighted by molar-refractivity contribution is 0.257. The maximum Gasteiger partial charge on any atom is 0.329 e. The number of halogens is 1. The third kappa shape index (κ3) is 2.82. The van der Waals surface area contributed by atoms with Gasteiger partial charge in [-0.15, -0.1) is 0 Å². The summed E-state index contributed by atoms with van der Waals surface area (Å²) in [4.78, 5) is 10.9. The van der Waals surface area contributed by atoms with Crippen molar-refractivity contribution >= 4 is 36.1 Å². The Bertz CT molecular complexity index is 330. The molecule has 1 aromatic carbocycles. The maximum atomic E-state index is 10.9. The number of benzene rings is 1. The first-order valence-corrected chi connectivity index (χ1v) is 4.43. The summed E-state index contributed by atoms with van der Waals surface area (Å²) >= 11 is 9.36. The molecule has 1 aromatic rings. The number of urea groups is 1. The number of rotatable bonds is 1. The van der Waals surface area contributed by atoms with Gasteiger partial charge >= 0.3 is 6.03 Å². The van der Waals surface area contributed by atoms with E-state index in [1.165, 1.54) is 0 Å². The second-order valence-electron chi connectivity index (χ2n) is 2.53. The van der Waals surface area contributed by atoms with Gasteiger partial charge in [0.05, 0.1) is 0 Å². The smallest absolute Gasteiger partial charge is 0.307 e. The van der Waals surface area contributed by atoms with Crippen LogP contribution in [0.1, 0.15) is 5.56 Å². The maximum absolute atomic E-state index is 10.9. The Hall–Kier alpha value is -0.870. The average Bonchev–Trinajstić information content (AvgIpc) is 2.09. The van der Waals surface area contributed by atoms with E-state index < -0.39 is 0 Å². The number of anilines is 1. The molecule has 13 heavy (non-hydrogen) atoms. The zero-order valence-corrected chi connectivity index (χ0v) is 8.62. The number of hydrogen-bond donors (Lipinski definition) is 3. The van der Waals surface area contributed by atoms with E-state index in [0.717, 1.165) is 11.3 Å². The Labute approximate surface area is 87.0 Å². The third-order valence-electron chi connectivity index (χ3n) is 1.54. The second kappa shape index (κ2) is 4.39. The second-order valence-corrected chi connectivity index (χ2v) is 3.19. The summed E-state index contributed by atoms with van der Waals surface area (Å²) in [6.45, 7) is 1.86. The summed E-state index contributed by atoms with van der Waals surface area (Å²) in [5, 5.41) is 3.25. The molecule has 0 aliphatic rings. The minimum Gasteiger partial charge on any atom is -0.307 e. The van der Waals surface area contributed by atoms with Gasteiger partial charge in [0.2, 0.25) is 0 Å². The molecule has 2 amide bonds. The van der Waals surface area contributed by atoms with Crippen LogP contribution in [0.5, 0.6) is 0 Å². The zero-order valence-electron chi connectivity index (χ0n) is 6.97. The molecule has 0 unspecified atom stereocenters. The monoisotopic (exact) mass is 216 g/mol. The van der Waals surface area contributed by atoms with Gasteiger partial charge in [-0.2, -0.15) is 0 Å². The van der Waals surface area contributed by atoms with Crippen LogP contribution in [0, 0.1) is 6.92 Å². The van der Waals surface area contributed by atoms with Crippen LogP contribution >= 0.6 is 24.4 Å². The van der Waals surface area contributed by atoms with Crippen molar-refractivity contribution in [3.63, 3.8) is 0 Å². The molecule has 0 spiro atoms. The Morgan fingerprint density at radius 3 is 2.77 bits per heavy atom. The van der Waals surface area contributed by atoms with Crippen LogP contribution in [0.2, 0.25) is 5.02 Å². The van der Waals surface area contributed by atoms with Gasteiger partial charge in [0.1, 0.15) is 0 Å². The Morgan fingerprint density at radius 1 is 1.54 bits per heavy atom. The number of hydrogen-bond acceptors (Lipinski definition) is 2. The number of aryl methyl sites for hydroxylation is 1. The molecule has 0 saturated heterocycles. The Morgan fingerprint density at radius 2 is 2.23 bits per heavy atom. The summed E-state index contributed by atoms with van der Waals surface area (Å²) in [5.41, 5.74) is 1.63. The molecular weight excluding hydrogens is 208 g/mol. The van der Waals surface area contributed by atoms with Crippen molar-refractivity contribution in [3.05, 3.63) is 28.8 Å². The van der Waals surface area contributed by atoms with Gasteiger partial charge in [0.25, 0.3) is 0 Å². The highest BCUT2D eigenvalue weighted by atomic mass is 35.5. The van der Waals surface area contributed by atoms with Crippen molar-refractivity contribution in [2.45, 2.75) is 6.92 Å². The van der Waals surface area contributed by atoms with Gasteiger partial charge in [-0.3, -0.25) is 4.72 Å². The highest BCUT2D eigenvalue weighted by Gasteiger charge is 2.02. The molecule has 0 aliphatic carbocycles. The molecule has 0 fully saturated rings. The highest BCUT2D eigenvalue weighted by molar-refractivity contribution is 7.78. The van der Waals surface area contributed by atoms with Gasteiger partial charge in [0.15, 0.2) is 0 Å². The van der Waals surface area contributed by atoms with Crippen LogP contribution in [0.25, 0.3) is 0 Å². The summed E-state index contributed by atoms with van der Waals surface area (Å²) in [6.07, 6.45) is 0. The van der Waals surface area contributed by atoms with Gasteiger partial charge in [-0.25, -0.2) is 4.79 Å². The molecule has 0 aromatic heterocycles. The van der Waals surface area contributed by atoms with Crippen LogP contribution in [0.3, 0.4) is 0 Å². The number of amides is 2. The minimum atomic E-state index is -0.367. The molecule has 0 bridgehead atoms. The lowest BCUT2D eigenvalue weighted by Gasteiger charge is -2.06. The van der Waals surface area contributed by atoms with Crippen molar-refractivity contribution in [1.82, 2.24) is 4.72 Å². The van der Waals surface area contributed by atoms with E-state index >= 15 is 0 Å². The highest BCUT2D eigenvalue weighted by Crippen LogP contribution is 2.19. The molecule has 3 nitrogen and oxygen atoms in total. The quantitative estimate of drug-likeness (QED) is 0.621. The van der Waals surface area contributed by atoms with Crippen molar-refractivity contribution in [3.8, 4) is 0 Å². The largest absolute Gasteiger partial charge is 0.329 e. The van der Waals surface area contributed by atoms with E-state index in [2.05, 4.69) is 22.9 Å². The molecule has 0 radical (unpaired) electrons. The predicted octanol–water partition coefficient (Wildman–Crippen LogP) is 2.61. The van der Waals surface area contributed by atoms with Crippen LogP contribution in [0.15, 0.2) is 18.2 Å². The van der Waals surface area contributed by atoms with E-state index in [1.54, 1.807) is 18.2 Å². The first kappa shape index (κ1) is 10.2. The van der Waals surface area contributed by atoms with Crippen molar-refractivity contribution in [1.29, 1.82) is 0 Å². The van der Waals surface area contributed by atoms with Crippen LogP contribution in [-0.2, 0) is 0 Å². The molecule has 70 valence electrons. The fourth-order valence-electron chi connectivity index (χ4n) is 0.918. The summed E-state index contributed by atoms with van der Waals surface area (Å²) in [7, 11) is 0. The normalized spacial score (nSPS) is 9.46. The molecule has 0 heterocycles. The fraction of sp³-hybridized carbons (Fsp3) is 0.125. The number of thiol groups is 1. The van der Waals surface area contributed by atoms with Crippen molar-refractivity contribution < 1.29 is 4.79 Å². The van der Waals surface area contributed by atoms with Crippen molar-refractivity contribution in [2.24, 2.45) is 0 Å². The minimum absolute atomic E-state index is 0.367. The SMILES string of the molecule is Cc1cc(Cl)ccc1NC(=O)NS. The first-order chi connectivity index (χ1) is 6.13. The molecule has 1 rings (SSSR count). The fourth-order valence-corrected chi connectivity index (χ4v) is 1.20. The van der Waals surface area contributed by atoms with Gasteiger partial charge in [-0.05, 0) is 30.7 Å². The summed E-state index contributed by atoms with van der Waals surface area (Å²) < 4.78 is 2.17. The lowest BCUT2D eigenvalue weighted by Crippen LogP contribution is -2.20. The molecule has 0 saturated carbocycles. The summed E-state index contributed by atoms with van der Waals surface area (Å²) in [5.74, 6) is 0. The van der Waals surface area contributed by atoms with E-state index in [9.17, 15) is 4.79 Å². The van der Waals surface area contributed by atoms with Gasteiger partial charge in [-0.1, -0.05) is 24.4 Å². The lowest BCUT2D eigenvalue weighted by atomic mass is 10.2. The van der Waals surface area contributed by atoms with E-state index in [0.29, 0.717) is 5.02 Å². The Balaban J connectivity index is 2.83. The molecule has 0 atom stereocenters. The van der Waals surface area contributed by atoms with E-state index in [-0.39, 0.29) is 6.03 Å². The first-order valence-electron chi connectivity index (χ1n) is 3.60. The van der Waals surface area contributed by atoms with E-state index in [4.69, 9.17) is 11.6 Å². The van der Waals surface area contributed by atoms with E-state index in [1.807, 2.05) is 6.92 Å². The molecule has 0 aliphatic heterocycles. The third-order valence-corrected chi connectivity index (χ3v) is 1.98. The van der Waals surface area contributed by atoms with Crippen LogP contribution in [-0.4, -0.2) is 6.03 Å². The molecule has 5 heteroatoms. The number of carbonyl (C=O) groups is 1. The van der Waals surface area contributed by atoms with Crippen LogP contribution < -0.4 is 10.0 Å². The molecule has 2 N–H and O–H groups in total. The summed E-state index contributed by atoms with van der Waals surface area (Å²) in [6, 6.07) is 4.85. The number of carbonyl (C=O) groups excluding carboxylic acids is 1. The van der Waals surface area contributed by atoms with Gasteiger partial charge < -0.3 is 5.32 Å². The topological polar surface area (TPSA) is 41.1 Å². The standard InChI is InChI=1S/C8H9ClN2OS/c1-5-4-6(9)2-3-7(5)10-8(12)11-13/h2-4,13H,1H3,(H2,10,11,12). The predicted molar refractivity (Wildman–Crippen MR) is 57.3 cm³/mol. The number of nitrogens with one attached hydrogen (secondary N) is 2. The van der Waals surface area contributed by atoms with Gasteiger partial charge in [0, 0.05) is 10.7 Å².